The van der Waals surface area contributed by atoms with Crippen LogP contribution in [0.5, 0.6) is 0 Å². The van der Waals surface area contributed by atoms with Gasteiger partial charge in [-0.05, 0) is 37.1 Å². The van der Waals surface area contributed by atoms with Crippen LogP contribution < -0.4 is 5.32 Å². The molecule has 1 aliphatic rings. The second-order valence-electron chi connectivity index (χ2n) is 5.67. The molecule has 3 rings (SSSR count). The van der Waals surface area contributed by atoms with Gasteiger partial charge in [-0.2, -0.15) is 0 Å². The van der Waals surface area contributed by atoms with Crippen LogP contribution in [0.3, 0.4) is 0 Å². The largest absolute Gasteiger partial charge is 0.367 e. The normalized spacial score (nSPS) is 16.1. The summed E-state index contributed by atoms with van der Waals surface area (Å²) in [5.74, 6) is -0.0499. The first-order valence-electron chi connectivity index (χ1n) is 7.66. The average Bonchev–Trinajstić information content (AvgIpc) is 2.82. The van der Waals surface area contributed by atoms with Gasteiger partial charge in [0.15, 0.2) is 0 Å². The molecule has 1 N–H and O–H groups in total. The lowest BCUT2D eigenvalue weighted by Crippen LogP contribution is -2.33. The van der Waals surface area contributed by atoms with E-state index in [2.05, 4.69) is 31.3 Å². The zero-order valence-electron chi connectivity index (χ0n) is 13.6. The molecule has 0 spiro atoms. The maximum absolute atomic E-state index is 12.6. The van der Waals surface area contributed by atoms with Crippen molar-refractivity contribution in [3.63, 3.8) is 0 Å². The van der Waals surface area contributed by atoms with E-state index in [1.165, 1.54) is 17.3 Å². The topological polar surface area (TPSA) is 32.3 Å². The number of nitrogens with one attached hydrogen (secondary N) is 1. The number of benzene rings is 2. The molecule has 1 fully saturated rings. The third-order valence-corrected chi connectivity index (χ3v) is 5.16. The van der Waals surface area contributed by atoms with Crippen LogP contribution in [-0.4, -0.2) is 21.8 Å². The Labute approximate surface area is 151 Å². The molecule has 122 valence electrons. The van der Waals surface area contributed by atoms with Crippen molar-refractivity contribution in [3.8, 4) is 0 Å². The van der Waals surface area contributed by atoms with E-state index in [1.54, 1.807) is 4.90 Å². The number of rotatable bonds is 4. The van der Waals surface area contributed by atoms with Crippen molar-refractivity contribution in [2.75, 3.05) is 12.0 Å². The minimum atomic E-state index is -0.0499. The van der Waals surface area contributed by atoms with E-state index in [9.17, 15) is 4.79 Å². The van der Waals surface area contributed by atoms with E-state index in [-0.39, 0.29) is 5.91 Å². The zero-order valence-corrected chi connectivity index (χ0v) is 15.2. The number of aryl methyl sites for hydroxylation is 2. The fourth-order valence-corrected chi connectivity index (χ4v) is 3.77. The van der Waals surface area contributed by atoms with Gasteiger partial charge in [-0.1, -0.05) is 72.0 Å². The number of carbonyl (C=O) groups excluding carboxylic acids is 1. The number of carbonyl (C=O) groups is 1. The molecule has 0 aromatic heterocycles. The highest BCUT2D eigenvalue weighted by Crippen LogP contribution is 2.32. The van der Waals surface area contributed by atoms with Gasteiger partial charge in [0.05, 0.1) is 11.6 Å². The number of anilines is 1. The molecule has 1 saturated heterocycles. The Bertz CT molecular complexity index is 815. The summed E-state index contributed by atoms with van der Waals surface area (Å²) < 4.78 is 0.583. The summed E-state index contributed by atoms with van der Waals surface area (Å²) in [6.45, 7) is 4.49. The number of nitrogens with zero attached hydrogens (tertiary/aromatic N) is 1. The summed E-state index contributed by atoms with van der Waals surface area (Å²) in [7, 11) is 0. The third kappa shape index (κ3) is 3.68. The molecule has 0 unspecified atom stereocenters. The van der Waals surface area contributed by atoms with Crippen molar-refractivity contribution in [2.24, 2.45) is 0 Å². The summed E-state index contributed by atoms with van der Waals surface area (Å²) in [5.41, 5.74) is 4.39. The van der Waals surface area contributed by atoms with Crippen LogP contribution in [0, 0.1) is 13.8 Å². The van der Waals surface area contributed by atoms with E-state index < -0.39 is 0 Å². The van der Waals surface area contributed by atoms with E-state index in [1.807, 2.05) is 42.5 Å². The first-order chi connectivity index (χ1) is 11.5. The lowest BCUT2D eigenvalue weighted by atomic mass is 10.1. The van der Waals surface area contributed by atoms with Crippen LogP contribution in [0.4, 0.5) is 5.69 Å². The Morgan fingerprint density at radius 1 is 1.17 bits per heavy atom. The molecule has 0 saturated carbocycles. The smallest absolute Gasteiger partial charge is 0.267 e. The van der Waals surface area contributed by atoms with E-state index in [0.717, 1.165) is 16.8 Å². The summed E-state index contributed by atoms with van der Waals surface area (Å²) in [5, 5.41) is 3.30. The van der Waals surface area contributed by atoms with E-state index >= 15 is 0 Å². The SMILES string of the molecule is Cc1ccc(NCN2C(=O)C(=Cc3ccccc3)SC2=S)c(C)c1. The first kappa shape index (κ1) is 16.7. The second-order valence-corrected chi connectivity index (χ2v) is 7.35. The van der Waals surface area contributed by atoms with Gasteiger partial charge in [0.2, 0.25) is 0 Å². The summed E-state index contributed by atoms with van der Waals surface area (Å²) >= 11 is 6.71. The van der Waals surface area contributed by atoms with Gasteiger partial charge in [-0.15, -0.1) is 0 Å². The van der Waals surface area contributed by atoms with Crippen molar-refractivity contribution in [3.05, 3.63) is 70.1 Å². The molecule has 0 radical (unpaired) electrons. The highest BCUT2D eigenvalue weighted by atomic mass is 32.2. The maximum Gasteiger partial charge on any atom is 0.267 e. The number of amides is 1. The fraction of sp³-hybridized carbons (Fsp3) is 0.158. The molecular formula is C19H18N2OS2. The van der Waals surface area contributed by atoms with Crippen LogP contribution in [0.2, 0.25) is 0 Å². The predicted molar refractivity (Wildman–Crippen MR) is 106 cm³/mol. The molecule has 0 atom stereocenters. The van der Waals surface area contributed by atoms with Gasteiger partial charge in [0.25, 0.3) is 5.91 Å². The molecule has 1 amide bonds. The van der Waals surface area contributed by atoms with Crippen LogP contribution in [0.1, 0.15) is 16.7 Å². The molecule has 5 heteroatoms. The van der Waals surface area contributed by atoms with Crippen molar-refractivity contribution in [1.29, 1.82) is 0 Å². The molecule has 0 bridgehead atoms. The zero-order chi connectivity index (χ0) is 17.1. The first-order valence-corrected chi connectivity index (χ1v) is 8.88. The standard InChI is InChI=1S/C19H18N2OS2/c1-13-8-9-16(14(2)10-13)20-12-21-18(22)17(24-19(21)23)11-15-6-4-3-5-7-15/h3-11,20H,12H2,1-2H3. The molecule has 24 heavy (non-hydrogen) atoms. The highest BCUT2D eigenvalue weighted by Gasteiger charge is 2.31. The van der Waals surface area contributed by atoms with Crippen LogP contribution in [0.15, 0.2) is 53.4 Å². The van der Waals surface area contributed by atoms with E-state index in [0.29, 0.717) is 15.9 Å². The maximum atomic E-state index is 12.6. The minimum Gasteiger partial charge on any atom is -0.367 e. The van der Waals surface area contributed by atoms with Crippen molar-refractivity contribution in [2.45, 2.75) is 13.8 Å². The van der Waals surface area contributed by atoms with Crippen LogP contribution in [-0.2, 0) is 4.79 Å². The number of thioether (sulfide) groups is 1. The molecule has 1 aliphatic heterocycles. The van der Waals surface area contributed by atoms with Crippen LogP contribution >= 0.6 is 24.0 Å². The summed E-state index contributed by atoms with van der Waals surface area (Å²) in [4.78, 5) is 14.9. The van der Waals surface area contributed by atoms with Gasteiger partial charge in [-0.25, -0.2) is 0 Å². The van der Waals surface area contributed by atoms with Crippen molar-refractivity contribution >= 4 is 46.0 Å². The Morgan fingerprint density at radius 3 is 2.62 bits per heavy atom. The van der Waals surface area contributed by atoms with Gasteiger partial charge in [0, 0.05) is 5.69 Å². The number of hydrogen-bond acceptors (Lipinski definition) is 4. The Balaban J connectivity index is 1.72. The third-order valence-electron chi connectivity index (χ3n) is 3.78. The predicted octanol–water partition coefficient (Wildman–Crippen LogP) is 4.57. The minimum absolute atomic E-state index is 0.0499. The molecule has 3 nitrogen and oxygen atoms in total. The second kappa shape index (κ2) is 7.20. The van der Waals surface area contributed by atoms with E-state index in [4.69, 9.17) is 12.2 Å². The Morgan fingerprint density at radius 2 is 1.92 bits per heavy atom. The Hall–Kier alpha value is -2.11. The molecular weight excluding hydrogens is 336 g/mol. The summed E-state index contributed by atoms with van der Waals surface area (Å²) in [6.07, 6.45) is 1.89. The van der Waals surface area contributed by atoms with Crippen molar-refractivity contribution in [1.82, 2.24) is 4.90 Å². The number of hydrogen-bond donors (Lipinski definition) is 1. The molecule has 0 aliphatic carbocycles. The van der Waals surface area contributed by atoms with Gasteiger partial charge < -0.3 is 5.32 Å². The average molecular weight is 355 g/mol. The Kier molecular flexibility index (Phi) is 5.02. The lowest BCUT2D eigenvalue weighted by molar-refractivity contribution is -0.121. The highest BCUT2D eigenvalue weighted by molar-refractivity contribution is 8.26. The van der Waals surface area contributed by atoms with Crippen LogP contribution in [0.25, 0.3) is 6.08 Å². The molecule has 2 aromatic rings. The molecule has 2 aromatic carbocycles. The quantitative estimate of drug-likeness (QED) is 0.644. The van der Waals surface area contributed by atoms with Crippen molar-refractivity contribution < 1.29 is 4.79 Å². The number of thiocarbonyl (C=S) groups is 1. The monoisotopic (exact) mass is 354 g/mol. The fourth-order valence-electron chi connectivity index (χ4n) is 2.51. The van der Waals surface area contributed by atoms with Gasteiger partial charge in [-0.3, -0.25) is 9.69 Å². The van der Waals surface area contributed by atoms with Gasteiger partial charge in [0.1, 0.15) is 4.32 Å². The van der Waals surface area contributed by atoms with Gasteiger partial charge >= 0.3 is 0 Å². The molecule has 1 heterocycles. The summed E-state index contributed by atoms with van der Waals surface area (Å²) in [6, 6.07) is 16.0. The lowest BCUT2D eigenvalue weighted by Gasteiger charge is -2.17.